The van der Waals surface area contributed by atoms with Crippen molar-refractivity contribution in [3.63, 3.8) is 0 Å². The molecule has 0 atom stereocenters. The number of halogens is 2. The van der Waals surface area contributed by atoms with Crippen molar-refractivity contribution in [3.8, 4) is 0 Å². The Hall–Kier alpha value is -1.98. The molecule has 0 fully saturated rings. The van der Waals surface area contributed by atoms with E-state index in [1.165, 1.54) is 6.07 Å². The number of carbonyl (C=O) groups is 2. The molecule has 1 aromatic carbocycles. The molecule has 0 saturated heterocycles. The van der Waals surface area contributed by atoms with Gasteiger partial charge in [0.1, 0.15) is 0 Å². The first kappa shape index (κ1) is 12.1. The van der Waals surface area contributed by atoms with E-state index in [2.05, 4.69) is 5.32 Å². The highest BCUT2D eigenvalue weighted by atomic mass is 19.2. The number of benzene rings is 1. The molecule has 0 aromatic heterocycles. The Balaban J connectivity index is 2.56. The second kappa shape index (κ2) is 5.20. The summed E-state index contributed by atoms with van der Waals surface area (Å²) in [5, 5.41) is 10.6. The standard InChI is InChI=1S/C10H9F2NO3/c11-7-2-1-6(5-8(7)12)13-9(14)3-4-10(15)16/h1-2,5H,3-4H2,(H,13,14)(H,15,16). The first-order valence-corrected chi connectivity index (χ1v) is 4.45. The van der Waals surface area contributed by atoms with Crippen molar-refractivity contribution in [2.24, 2.45) is 0 Å². The normalized spacial score (nSPS) is 9.88. The van der Waals surface area contributed by atoms with E-state index < -0.39 is 23.5 Å². The minimum absolute atomic E-state index is 0.0919. The molecule has 0 radical (unpaired) electrons. The lowest BCUT2D eigenvalue weighted by molar-refractivity contribution is -0.138. The van der Waals surface area contributed by atoms with Crippen LogP contribution in [-0.2, 0) is 9.59 Å². The van der Waals surface area contributed by atoms with Crippen LogP contribution in [0.15, 0.2) is 18.2 Å². The van der Waals surface area contributed by atoms with E-state index in [9.17, 15) is 18.4 Å². The lowest BCUT2D eigenvalue weighted by Crippen LogP contribution is -2.13. The first-order valence-electron chi connectivity index (χ1n) is 4.45. The van der Waals surface area contributed by atoms with Gasteiger partial charge in [-0.3, -0.25) is 9.59 Å². The highest BCUT2D eigenvalue weighted by Gasteiger charge is 2.07. The number of nitrogens with one attached hydrogen (secondary N) is 1. The summed E-state index contributed by atoms with van der Waals surface area (Å²) in [5.41, 5.74) is 0.0919. The average molecular weight is 229 g/mol. The Morgan fingerprint density at radius 3 is 2.44 bits per heavy atom. The molecule has 0 aliphatic heterocycles. The molecule has 4 nitrogen and oxygen atoms in total. The van der Waals surface area contributed by atoms with Crippen LogP contribution < -0.4 is 5.32 Å². The highest BCUT2D eigenvalue weighted by molar-refractivity contribution is 5.92. The minimum atomic E-state index is -1.10. The molecular weight excluding hydrogens is 220 g/mol. The Bertz CT molecular complexity index is 421. The molecule has 86 valence electrons. The lowest BCUT2D eigenvalue weighted by atomic mass is 10.2. The second-order valence-electron chi connectivity index (χ2n) is 3.07. The van der Waals surface area contributed by atoms with E-state index in [1.807, 2.05) is 0 Å². The van der Waals surface area contributed by atoms with Crippen LogP contribution in [-0.4, -0.2) is 17.0 Å². The van der Waals surface area contributed by atoms with Crippen LogP contribution in [0.4, 0.5) is 14.5 Å². The fourth-order valence-electron chi connectivity index (χ4n) is 1.02. The van der Waals surface area contributed by atoms with Crippen LogP contribution in [0.2, 0.25) is 0 Å². The van der Waals surface area contributed by atoms with Crippen molar-refractivity contribution in [2.75, 3.05) is 5.32 Å². The fraction of sp³-hybridized carbons (Fsp3) is 0.200. The van der Waals surface area contributed by atoms with Gasteiger partial charge in [0.05, 0.1) is 6.42 Å². The summed E-state index contributed by atoms with van der Waals surface area (Å²) in [6.45, 7) is 0. The summed E-state index contributed by atoms with van der Waals surface area (Å²) in [6.07, 6.45) is -0.524. The number of hydrogen-bond acceptors (Lipinski definition) is 2. The third-order valence-corrected chi connectivity index (χ3v) is 1.77. The summed E-state index contributed by atoms with van der Waals surface area (Å²) >= 11 is 0. The van der Waals surface area contributed by atoms with E-state index in [0.29, 0.717) is 0 Å². The Kier molecular flexibility index (Phi) is 3.93. The van der Waals surface area contributed by atoms with Crippen molar-refractivity contribution >= 4 is 17.6 Å². The van der Waals surface area contributed by atoms with E-state index >= 15 is 0 Å². The smallest absolute Gasteiger partial charge is 0.303 e. The van der Waals surface area contributed by atoms with Crippen molar-refractivity contribution in [1.82, 2.24) is 0 Å². The third kappa shape index (κ3) is 3.64. The topological polar surface area (TPSA) is 66.4 Å². The molecule has 0 aliphatic rings. The maximum atomic E-state index is 12.7. The van der Waals surface area contributed by atoms with Crippen molar-refractivity contribution in [3.05, 3.63) is 29.8 Å². The van der Waals surface area contributed by atoms with Crippen LogP contribution in [0.1, 0.15) is 12.8 Å². The van der Waals surface area contributed by atoms with E-state index in [4.69, 9.17) is 5.11 Å². The van der Waals surface area contributed by atoms with Gasteiger partial charge < -0.3 is 10.4 Å². The largest absolute Gasteiger partial charge is 0.481 e. The number of rotatable bonds is 4. The van der Waals surface area contributed by atoms with Gasteiger partial charge in [0.15, 0.2) is 11.6 Å². The molecular formula is C10H9F2NO3. The lowest BCUT2D eigenvalue weighted by Gasteiger charge is -2.04. The SMILES string of the molecule is O=C(O)CCC(=O)Nc1ccc(F)c(F)c1. The molecule has 0 heterocycles. The molecule has 2 N–H and O–H groups in total. The van der Waals surface area contributed by atoms with Crippen LogP contribution in [0.25, 0.3) is 0 Å². The predicted octanol–water partition coefficient (Wildman–Crippen LogP) is 1.77. The van der Waals surface area contributed by atoms with E-state index in [0.717, 1.165) is 12.1 Å². The molecule has 1 rings (SSSR count). The zero-order valence-electron chi connectivity index (χ0n) is 8.17. The highest BCUT2D eigenvalue weighted by Crippen LogP contribution is 2.13. The monoisotopic (exact) mass is 229 g/mol. The maximum Gasteiger partial charge on any atom is 0.303 e. The number of amides is 1. The minimum Gasteiger partial charge on any atom is -0.481 e. The molecule has 6 heteroatoms. The van der Waals surface area contributed by atoms with E-state index in [-0.39, 0.29) is 18.5 Å². The van der Waals surface area contributed by atoms with Gasteiger partial charge >= 0.3 is 5.97 Å². The first-order chi connectivity index (χ1) is 7.49. The Morgan fingerprint density at radius 1 is 1.19 bits per heavy atom. The van der Waals surface area contributed by atoms with Gasteiger partial charge in [0, 0.05) is 18.2 Å². The summed E-state index contributed by atoms with van der Waals surface area (Å²) in [6, 6.07) is 2.90. The maximum absolute atomic E-state index is 12.7. The molecule has 1 amide bonds. The van der Waals surface area contributed by atoms with Gasteiger partial charge in [0.25, 0.3) is 0 Å². The Labute approximate surface area is 89.9 Å². The zero-order valence-corrected chi connectivity index (χ0v) is 8.17. The van der Waals surface area contributed by atoms with Crippen LogP contribution in [0.5, 0.6) is 0 Å². The van der Waals surface area contributed by atoms with Gasteiger partial charge in [-0.05, 0) is 12.1 Å². The average Bonchev–Trinajstić information content (AvgIpc) is 2.21. The molecule has 0 spiro atoms. The Morgan fingerprint density at radius 2 is 1.88 bits per heavy atom. The number of carboxylic acids is 1. The molecule has 0 bridgehead atoms. The molecule has 1 aromatic rings. The fourth-order valence-corrected chi connectivity index (χ4v) is 1.02. The van der Waals surface area contributed by atoms with Crippen LogP contribution in [0.3, 0.4) is 0 Å². The predicted molar refractivity (Wildman–Crippen MR) is 51.9 cm³/mol. The van der Waals surface area contributed by atoms with Crippen molar-refractivity contribution in [2.45, 2.75) is 12.8 Å². The van der Waals surface area contributed by atoms with Gasteiger partial charge in [-0.2, -0.15) is 0 Å². The number of carbonyl (C=O) groups excluding carboxylic acids is 1. The van der Waals surface area contributed by atoms with Crippen molar-refractivity contribution < 1.29 is 23.5 Å². The summed E-state index contributed by atoms with van der Waals surface area (Å²) in [4.78, 5) is 21.3. The summed E-state index contributed by atoms with van der Waals surface area (Å²) < 4.78 is 25.2. The van der Waals surface area contributed by atoms with E-state index in [1.54, 1.807) is 0 Å². The zero-order chi connectivity index (χ0) is 12.1. The second-order valence-corrected chi connectivity index (χ2v) is 3.07. The number of aliphatic carboxylic acids is 1. The number of carboxylic acid groups (broad SMARTS) is 1. The molecule has 0 saturated carbocycles. The van der Waals surface area contributed by atoms with Gasteiger partial charge in [-0.1, -0.05) is 0 Å². The van der Waals surface area contributed by atoms with Gasteiger partial charge in [0.2, 0.25) is 5.91 Å². The molecule has 0 unspecified atom stereocenters. The van der Waals surface area contributed by atoms with Gasteiger partial charge in [-0.15, -0.1) is 0 Å². The quantitative estimate of drug-likeness (QED) is 0.826. The van der Waals surface area contributed by atoms with Crippen molar-refractivity contribution in [1.29, 1.82) is 0 Å². The third-order valence-electron chi connectivity index (χ3n) is 1.77. The van der Waals surface area contributed by atoms with Gasteiger partial charge in [-0.25, -0.2) is 8.78 Å². The summed E-state index contributed by atoms with van der Waals surface area (Å²) in [7, 11) is 0. The molecule has 0 aliphatic carbocycles. The van der Waals surface area contributed by atoms with Crippen LogP contribution in [0, 0.1) is 11.6 Å². The number of hydrogen-bond donors (Lipinski definition) is 2. The van der Waals surface area contributed by atoms with Crippen LogP contribution >= 0.6 is 0 Å². The number of anilines is 1. The summed E-state index contributed by atoms with van der Waals surface area (Å²) in [5.74, 6) is -3.74. The molecule has 16 heavy (non-hydrogen) atoms.